The van der Waals surface area contributed by atoms with Gasteiger partial charge in [0.15, 0.2) is 6.29 Å². The van der Waals surface area contributed by atoms with E-state index in [1.807, 2.05) is 42.0 Å². The van der Waals surface area contributed by atoms with Crippen molar-refractivity contribution in [3.63, 3.8) is 0 Å². The number of unbranched alkanes of at least 4 members (excludes halogenated alkanes) is 2. The smallest absolute Gasteiger partial charge is 0.276 e. The van der Waals surface area contributed by atoms with Gasteiger partial charge in [-0.2, -0.15) is 10.2 Å². The van der Waals surface area contributed by atoms with Gasteiger partial charge in [-0.25, -0.2) is 9.97 Å². The fourth-order valence-electron chi connectivity index (χ4n) is 6.56. The summed E-state index contributed by atoms with van der Waals surface area (Å²) < 4.78 is 7.31. The summed E-state index contributed by atoms with van der Waals surface area (Å²) in [4.78, 5) is 56.1. The number of rotatable bonds is 17. The van der Waals surface area contributed by atoms with E-state index in [2.05, 4.69) is 49.7 Å². The molecule has 0 saturated heterocycles. The summed E-state index contributed by atoms with van der Waals surface area (Å²) in [6.07, 6.45) is 8.51. The van der Waals surface area contributed by atoms with Crippen molar-refractivity contribution in [1.29, 1.82) is 0 Å². The summed E-state index contributed by atoms with van der Waals surface area (Å²) in [5.41, 5.74) is 17.5. The predicted octanol–water partition coefficient (Wildman–Crippen LogP) is 5.48. The van der Waals surface area contributed by atoms with Crippen LogP contribution in [-0.2, 0) is 32.6 Å². The number of hydrogen-bond donors (Lipinski definition) is 4. The molecule has 0 spiro atoms. The van der Waals surface area contributed by atoms with Crippen LogP contribution in [0.2, 0.25) is 0 Å². The molecule has 0 aliphatic rings. The van der Waals surface area contributed by atoms with E-state index in [9.17, 15) is 19.2 Å². The van der Waals surface area contributed by atoms with Crippen LogP contribution in [0.4, 0.5) is 11.9 Å². The van der Waals surface area contributed by atoms with E-state index in [0.717, 1.165) is 71.3 Å². The number of fused-ring (bicyclic) bond motifs is 2. The third-order valence-electron chi connectivity index (χ3n) is 9.13. The number of carbonyl (C=O) groups excluding carboxylic acids is 4. The van der Waals surface area contributed by atoms with Gasteiger partial charge >= 0.3 is 0 Å². The molecule has 0 bridgehead atoms. The zero-order chi connectivity index (χ0) is 41.6. The average Bonchev–Trinajstić information content (AvgIpc) is 3.96. The number of nitrogens with one attached hydrogen (secondary N) is 2. The third kappa shape index (κ3) is 9.96. The molecule has 57 heavy (non-hydrogen) atoms. The van der Waals surface area contributed by atoms with Crippen LogP contribution in [0.1, 0.15) is 84.8 Å². The van der Waals surface area contributed by atoms with Gasteiger partial charge in [-0.1, -0.05) is 18.6 Å². The molecule has 0 fully saturated rings. The first-order chi connectivity index (χ1) is 27.6. The highest BCUT2D eigenvalue weighted by Crippen LogP contribution is 2.24. The van der Waals surface area contributed by atoms with E-state index in [0.29, 0.717) is 66.6 Å². The Morgan fingerprint density at radius 3 is 2.09 bits per heavy atom. The quantitative estimate of drug-likeness (QED) is 0.0520. The molecule has 0 aliphatic heterocycles. The fraction of sp³-hybridized carbons (Fsp3) is 0.317. The number of hydrogen-bond acceptors (Lipinski definition) is 10. The second-order valence-electron chi connectivity index (χ2n) is 12.9. The molecule has 6 rings (SSSR count). The van der Waals surface area contributed by atoms with E-state index >= 15 is 0 Å². The Morgan fingerprint density at radius 1 is 0.825 bits per heavy atom. The van der Waals surface area contributed by atoms with Crippen molar-refractivity contribution in [2.45, 2.75) is 72.6 Å². The second-order valence-corrected chi connectivity index (χ2v) is 12.9. The number of carbonyl (C=O) groups is 4. The van der Waals surface area contributed by atoms with Crippen molar-refractivity contribution in [1.82, 2.24) is 38.7 Å². The maximum absolute atomic E-state index is 13.6. The van der Waals surface area contributed by atoms with E-state index in [1.54, 1.807) is 58.9 Å². The zero-order valence-corrected chi connectivity index (χ0v) is 33.3. The van der Waals surface area contributed by atoms with Gasteiger partial charge in [0.2, 0.25) is 17.8 Å². The Morgan fingerprint density at radius 2 is 1.47 bits per heavy atom. The molecule has 0 atom stereocenters. The minimum absolute atomic E-state index is 0.277. The lowest BCUT2D eigenvalue weighted by molar-refractivity contribution is 0.0995. The van der Waals surface area contributed by atoms with Gasteiger partial charge < -0.3 is 25.9 Å². The van der Waals surface area contributed by atoms with Crippen molar-refractivity contribution < 1.29 is 19.2 Å². The Kier molecular flexibility index (Phi) is 15.3. The SMILES string of the molecule is C=CCn1c(NC(=O)c2c(CCCCCn3nc(C)cc3C=O)c(C)nn2CC)nc2cc(C=O)ccc21.C=CCn1c(NC)nc2cc(C(N)=O)ccc21.CN. The van der Waals surface area contributed by atoms with Gasteiger partial charge in [0.25, 0.3) is 5.91 Å². The molecule has 4 heterocycles. The number of nitrogens with zero attached hydrogens (tertiary/aromatic N) is 8. The van der Waals surface area contributed by atoms with Crippen LogP contribution in [-0.4, -0.2) is 77.1 Å². The lowest BCUT2D eigenvalue weighted by Gasteiger charge is -2.11. The minimum Gasteiger partial charge on any atom is -0.366 e. The Balaban J connectivity index is 0.000000315. The molecule has 6 aromatic rings. The summed E-state index contributed by atoms with van der Waals surface area (Å²) >= 11 is 0. The van der Waals surface area contributed by atoms with Crippen molar-refractivity contribution in [2.75, 3.05) is 24.7 Å². The van der Waals surface area contributed by atoms with Crippen LogP contribution < -0.4 is 22.1 Å². The maximum atomic E-state index is 13.6. The first kappa shape index (κ1) is 43.1. The lowest BCUT2D eigenvalue weighted by atomic mass is 10.0. The zero-order valence-electron chi connectivity index (χ0n) is 33.3. The molecule has 0 unspecified atom stereocenters. The van der Waals surface area contributed by atoms with Crippen LogP contribution in [0.25, 0.3) is 22.1 Å². The topological polar surface area (TPSA) is 216 Å². The number of benzene rings is 2. The number of anilines is 2. The van der Waals surface area contributed by atoms with E-state index < -0.39 is 5.91 Å². The number of aromatic nitrogens is 8. The Hall–Kier alpha value is -6.68. The van der Waals surface area contributed by atoms with Gasteiger partial charge in [0, 0.05) is 49.9 Å². The van der Waals surface area contributed by atoms with Crippen LogP contribution >= 0.6 is 0 Å². The summed E-state index contributed by atoms with van der Waals surface area (Å²) in [6, 6.07) is 12.3. The van der Waals surface area contributed by atoms with Crippen molar-refractivity contribution in [2.24, 2.45) is 11.5 Å². The summed E-state index contributed by atoms with van der Waals surface area (Å²) in [7, 11) is 3.30. The number of imidazole rings is 2. The minimum atomic E-state index is -0.448. The van der Waals surface area contributed by atoms with Crippen LogP contribution in [0, 0.1) is 13.8 Å². The molecule has 0 radical (unpaired) electrons. The molecule has 0 saturated carbocycles. The van der Waals surface area contributed by atoms with Crippen LogP contribution in [0.15, 0.2) is 67.8 Å². The number of aldehydes is 2. The molecule has 2 amide bonds. The van der Waals surface area contributed by atoms with Crippen LogP contribution in [0.3, 0.4) is 0 Å². The monoisotopic (exact) mass is 776 g/mol. The Bertz CT molecular complexity index is 2380. The maximum Gasteiger partial charge on any atom is 0.276 e. The molecule has 6 N–H and O–H groups in total. The summed E-state index contributed by atoms with van der Waals surface area (Å²) in [5, 5.41) is 15.0. The first-order valence-corrected chi connectivity index (χ1v) is 18.7. The molecule has 16 heteroatoms. The average molecular weight is 777 g/mol. The van der Waals surface area contributed by atoms with Gasteiger partial charge in [-0.05, 0) is 89.5 Å². The molecule has 2 aromatic carbocycles. The third-order valence-corrected chi connectivity index (χ3v) is 9.13. The first-order valence-electron chi connectivity index (χ1n) is 18.7. The standard InChI is InChI=1S/C28H33N7O3.C12H14N4O.CH5N/c1-5-13-33-25-12-11-21(17-36)16-24(25)29-28(33)30-27(38)26-23(20(4)32-34(26)6-2)10-8-7-9-14-35-22(18-37)15-19(3)31-35;1-3-6-16-10-5-4-8(11(13)17)7-9(10)15-12(16)14-2;1-2/h5,11-12,15-18H,1,6-10,13-14H2,2-4H3,(H,29,30,38);3-5,7H,1,6H2,2H3,(H2,13,17)(H,14,15);2H2,1H3. The lowest BCUT2D eigenvalue weighted by Crippen LogP contribution is -2.21. The molecular formula is C41H52N12O4. The highest BCUT2D eigenvalue weighted by Gasteiger charge is 2.23. The number of allylic oxidation sites excluding steroid dienone is 2. The molecule has 4 aromatic heterocycles. The Labute approximate surface area is 331 Å². The molecule has 300 valence electrons. The number of aryl methyl sites for hydroxylation is 4. The fourth-order valence-corrected chi connectivity index (χ4v) is 6.56. The van der Waals surface area contributed by atoms with Crippen molar-refractivity contribution in [3.8, 4) is 0 Å². The molecule has 16 nitrogen and oxygen atoms in total. The van der Waals surface area contributed by atoms with E-state index in [-0.39, 0.29) is 5.91 Å². The van der Waals surface area contributed by atoms with Crippen molar-refractivity contribution in [3.05, 3.63) is 107 Å². The highest BCUT2D eigenvalue weighted by atomic mass is 16.2. The predicted molar refractivity (Wildman–Crippen MR) is 224 cm³/mol. The van der Waals surface area contributed by atoms with E-state index in [1.165, 1.54) is 7.05 Å². The normalized spacial score (nSPS) is 10.6. The van der Waals surface area contributed by atoms with Gasteiger partial charge in [0.05, 0.1) is 33.5 Å². The summed E-state index contributed by atoms with van der Waals surface area (Å²) in [5.74, 6) is 0.403. The largest absolute Gasteiger partial charge is 0.366 e. The van der Waals surface area contributed by atoms with Gasteiger partial charge in [0.1, 0.15) is 17.7 Å². The van der Waals surface area contributed by atoms with Crippen LogP contribution in [0.5, 0.6) is 0 Å². The second kappa shape index (κ2) is 20.3. The molecular weight excluding hydrogens is 725 g/mol. The van der Waals surface area contributed by atoms with Gasteiger partial charge in [-0.3, -0.25) is 33.9 Å². The van der Waals surface area contributed by atoms with Gasteiger partial charge in [-0.15, -0.1) is 13.2 Å². The number of amides is 2. The number of primary amides is 1. The van der Waals surface area contributed by atoms with E-state index in [4.69, 9.17) is 5.73 Å². The summed E-state index contributed by atoms with van der Waals surface area (Å²) in [6.45, 7) is 15.6. The number of nitrogens with two attached hydrogens (primary N) is 2. The highest BCUT2D eigenvalue weighted by molar-refractivity contribution is 6.04. The van der Waals surface area contributed by atoms with Crippen molar-refractivity contribution >= 4 is 58.4 Å². The molecule has 0 aliphatic carbocycles.